The molecule has 0 radical (unpaired) electrons. The maximum absolute atomic E-state index is 13.3. The maximum atomic E-state index is 13.3. The Morgan fingerprint density at radius 3 is 2.40 bits per heavy atom. The van der Waals surface area contributed by atoms with E-state index in [-0.39, 0.29) is 24.0 Å². The average molecular weight is 514 g/mol. The van der Waals surface area contributed by atoms with Crippen molar-refractivity contribution in [3.63, 3.8) is 0 Å². The third-order valence-electron chi connectivity index (χ3n) is 4.67. The smallest absolute Gasteiger partial charge is 0.269 e. The molecule has 0 saturated heterocycles. The van der Waals surface area contributed by atoms with Crippen LogP contribution < -0.4 is 4.90 Å². The first-order valence-corrected chi connectivity index (χ1v) is 10.9. The predicted molar refractivity (Wildman–Crippen MR) is 127 cm³/mol. The normalized spacial score (nSPS) is 10.8. The summed E-state index contributed by atoms with van der Waals surface area (Å²) in [5, 5.41) is 11.5. The van der Waals surface area contributed by atoms with Gasteiger partial charge in [0, 0.05) is 35.3 Å². The van der Waals surface area contributed by atoms with E-state index >= 15 is 0 Å². The van der Waals surface area contributed by atoms with E-state index in [1.54, 1.807) is 4.90 Å². The number of hydrogen-bond donors (Lipinski definition) is 0. The minimum atomic E-state index is -0.474. The van der Waals surface area contributed by atoms with Crippen LogP contribution in [0.25, 0.3) is 10.2 Å². The van der Waals surface area contributed by atoms with Crippen LogP contribution in [0.5, 0.6) is 0 Å². The summed E-state index contributed by atoms with van der Waals surface area (Å²) >= 11 is 4.92. The first-order valence-electron chi connectivity index (χ1n) is 9.27. The molecule has 0 aliphatic heterocycles. The van der Waals surface area contributed by atoms with Crippen LogP contribution in [0.15, 0.2) is 46.9 Å². The number of carbonyl (C=O) groups is 1. The number of rotatable bonds is 8. The van der Waals surface area contributed by atoms with Crippen molar-refractivity contribution in [2.75, 3.05) is 31.1 Å². The van der Waals surface area contributed by atoms with Crippen molar-refractivity contribution in [3.8, 4) is 0 Å². The third kappa shape index (κ3) is 5.54. The topological polar surface area (TPSA) is 79.6 Å². The number of nitrogens with zero attached hydrogens (tertiary/aromatic N) is 4. The second kappa shape index (κ2) is 10.8. The molecule has 0 aliphatic carbocycles. The number of anilines is 1. The largest absolute Gasteiger partial charge is 0.302 e. The molecule has 0 spiro atoms. The molecule has 0 N–H and O–H groups in total. The Bertz CT molecular complexity index is 1020. The van der Waals surface area contributed by atoms with Crippen LogP contribution in [0, 0.1) is 10.1 Å². The summed E-state index contributed by atoms with van der Waals surface area (Å²) in [6.07, 6.45) is 0. The molecule has 10 heteroatoms. The number of carbonyl (C=O) groups excluding carboxylic acids is 1. The van der Waals surface area contributed by atoms with Crippen molar-refractivity contribution >= 4 is 66.6 Å². The van der Waals surface area contributed by atoms with Crippen molar-refractivity contribution in [2.24, 2.45) is 0 Å². The van der Waals surface area contributed by atoms with Crippen molar-refractivity contribution < 1.29 is 9.72 Å². The second-order valence-electron chi connectivity index (χ2n) is 6.40. The van der Waals surface area contributed by atoms with E-state index in [2.05, 4.69) is 39.7 Å². The Morgan fingerprint density at radius 2 is 1.80 bits per heavy atom. The zero-order chi connectivity index (χ0) is 21.0. The average Bonchev–Trinajstić information content (AvgIpc) is 3.13. The maximum Gasteiger partial charge on any atom is 0.269 e. The molecular formula is C20H22BrClN4O3S. The Labute approximate surface area is 193 Å². The van der Waals surface area contributed by atoms with Crippen LogP contribution in [-0.4, -0.2) is 46.9 Å². The van der Waals surface area contributed by atoms with Crippen molar-refractivity contribution in [1.82, 2.24) is 9.88 Å². The number of nitro benzene ring substituents is 1. The molecule has 3 rings (SSSR count). The summed E-state index contributed by atoms with van der Waals surface area (Å²) in [5.74, 6) is -0.217. The molecule has 160 valence electrons. The summed E-state index contributed by atoms with van der Waals surface area (Å²) in [7, 11) is 0. The molecule has 0 aliphatic rings. The number of amides is 1. The fraction of sp³-hybridized carbons (Fsp3) is 0.300. The first kappa shape index (κ1) is 24.2. The van der Waals surface area contributed by atoms with Crippen LogP contribution in [0.2, 0.25) is 0 Å². The minimum absolute atomic E-state index is 0. The molecule has 1 amide bonds. The van der Waals surface area contributed by atoms with Crippen LogP contribution in [0.3, 0.4) is 0 Å². The second-order valence-corrected chi connectivity index (χ2v) is 8.32. The zero-order valence-electron chi connectivity index (χ0n) is 16.6. The van der Waals surface area contributed by atoms with Crippen LogP contribution in [-0.2, 0) is 0 Å². The van der Waals surface area contributed by atoms with Gasteiger partial charge in [-0.15, -0.1) is 12.4 Å². The lowest BCUT2D eigenvalue weighted by Gasteiger charge is -2.24. The molecule has 1 aromatic heterocycles. The highest BCUT2D eigenvalue weighted by molar-refractivity contribution is 9.10. The highest BCUT2D eigenvalue weighted by Crippen LogP contribution is 2.31. The molecule has 0 unspecified atom stereocenters. The van der Waals surface area contributed by atoms with E-state index < -0.39 is 4.92 Å². The number of non-ortho nitro benzene ring substituents is 1. The summed E-state index contributed by atoms with van der Waals surface area (Å²) in [5.41, 5.74) is 1.19. The van der Waals surface area contributed by atoms with Gasteiger partial charge in [-0.1, -0.05) is 41.1 Å². The number of fused-ring (bicyclic) bond motifs is 1. The number of benzene rings is 2. The number of thiazole rings is 1. The number of likely N-dealkylation sites (N-methyl/N-ethyl adjacent to an activating group) is 1. The van der Waals surface area contributed by atoms with Gasteiger partial charge in [0.05, 0.1) is 15.1 Å². The van der Waals surface area contributed by atoms with Gasteiger partial charge in [0.1, 0.15) is 0 Å². The van der Waals surface area contributed by atoms with E-state index in [1.807, 2.05) is 18.2 Å². The molecule has 3 aromatic rings. The van der Waals surface area contributed by atoms with Crippen molar-refractivity contribution in [1.29, 1.82) is 0 Å². The first-order chi connectivity index (χ1) is 13.9. The zero-order valence-corrected chi connectivity index (χ0v) is 19.8. The molecule has 30 heavy (non-hydrogen) atoms. The van der Waals surface area contributed by atoms with Gasteiger partial charge < -0.3 is 4.90 Å². The Hall–Kier alpha value is -2.07. The monoisotopic (exact) mass is 512 g/mol. The van der Waals surface area contributed by atoms with Crippen molar-refractivity contribution in [2.45, 2.75) is 13.8 Å². The number of halogens is 2. The van der Waals surface area contributed by atoms with E-state index in [9.17, 15) is 14.9 Å². The van der Waals surface area contributed by atoms with E-state index in [4.69, 9.17) is 0 Å². The highest BCUT2D eigenvalue weighted by Gasteiger charge is 2.22. The fourth-order valence-corrected chi connectivity index (χ4v) is 4.49. The van der Waals surface area contributed by atoms with Gasteiger partial charge in [0.15, 0.2) is 5.13 Å². The van der Waals surface area contributed by atoms with Crippen LogP contribution >= 0.6 is 39.7 Å². The molecule has 2 aromatic carbocycles. The summed E-state index contributed by atoms with van der Waals surface area (Å²) in [6, 6.07) is 11.5. The van der Waals surface area contributed by atoms with Gasteiger partial charge in [-0.3, -0.25) is 19.8 Å². The molecule has 0 atom stereocenters. The van der Waals surface area contributed by atoms with Crippen molar-refractivity contribution in [3.05, 3.63) is 62.6 Å². The van der Waals surface area contributed by atoms with Gasteiger partial charge in [-0.05, 0) is 43.4 Å². The van der Waals surface area contributed by atoms with Gasteiger partial charge >= 0.3 is 0 Å². The van der Waals surface area contributed by atoms with Crippen LogP contribution in [0.1, 0.15) is 24.2 Å². The number of aromatic nitrogens is 1. The quantitative estimate of drug-likeness (QED) is 0.298. The number of hydrogen-bond acceptors (Lipinski definition) is 6. The summed E-state index contributed by atoms with van der Waals surface area (Å²) in [6.45, 7) is 7.15. The standard InChI is InChI=1S/C20H21BrN4O3S.ClH/c1-3-23(4-2)11-12-24(19(26)14-5-8-16(9-6-14)25(27)28)20-22-17-10-7-15(21)13-18(17)29-20;/h5-10,13H,3-4,11-12H2,1-2H3;1H. The van der Waals surface area contributed by atoms with Gasteiger partial charge in [-0.25, -0.2) is 4.98 Å². The Balaban J connectivity index is 0.00000320. The molecule has 7 nitrogen and oxygen atoms in total. The molecule has 1 heterocycles. The van der Waals surface area contributed by atoms with E-state index in [0.29, 0.717) is 23.8 Å². The lowest BCUT2D eigenvalue weighted by molar-refractivity contribution is -0.384. The van der Waals surface area contributed by atoms with Crippen LogP contribution in [0.4, 0.5) is 10.8 Å². The molecule has 0 saturated carbocycles. The molecule has 0 bridgehead atoms. The molecule has 0 fully saturated rings. The van der Waals surface area contributed by atoms with E-state index in [0.717, 1.165) is 27.8 Å². The third-order valence-corrected chi connectivity index (χ3v) is 6.21. The van der Waals surface area contributed by atoms with Gasteiger partial charge in [-0.2, -0.15) is 0 Å². The SMILES string of the molecule is CCN(CC)CCN(C(=O)c1ccc([N+](=O)[O-])cc1)c1nc2ccc(Br)cc2s1.Cl. The Kier molecular flexibility index (Phi) is 8.72. The lowest BCUT2D eigenvalue weighted by atomic mass is 10.2. The number of nitro groups is 1. The van der Waals surface area contributed by atoms with Gasteiger partial charge in [0.2, 0.25) is 0 Å². The highest BCUT2D eigenvalue weighted by atomic mass is 79.9. The fourth-order valence-electron chi connectivity index (χ4n) is 2.95. The van der Waals surface area contributed by atoms with E-state index in [1.165, 1.54) is 35.6 Å². The minimum Gasteiger partial charge on any atom is -0.302 e. The molecular weight excluding hydrogens is 492 g/mol. The summed E-state index contributed by atoms with van der Waals surface area (Å²) in [4.78, 5) is 32.2. The van der Waals surface area contributed by atoms with Gasteiger partial charge in [0.25, 0.3) is 11.6 Å². The summed E-state index contributed by atoms with van der Waals surface area (Å²) < 4.78 is 1.94. The predicted octanol–water partition coefficient (Wildman–Crippen LogP) is 5.38. The lowest BCUT2D eigenvalue weighted by Crippen LogP contribution is -2.38. The Morgan fingerprint density at radius 1 is 1.13 bits per heavy atom.